The van der Waals surface area contributed by atoms with E-state index in [0.717, 1.165) is 11.3 Å². The van der Waals surface area contributed by atoms with Crippen molar-refractivity contribution in [3.05, 3.63) is 65.9 Å². The Kier molecular flexibility index (Phi) is 4.90. The van der Waals surface area contributed by atoms with Crippen molar-refractivity contribution in [1.82, 2.24) is 19.9 Å². The highest BCUT2D eigenvalue weighted by Gasteiger charge is 2.31. The van der Waals surface area contributed by atoms with Crippen LogP contribution in [0.25, 0.3) is 23.0 Å². The van der Waals surface area contributed by atoms with Gasteiger partial charge in [-0.05, 0) is 55.0 Å². The molecule has 2 aromatic carbocycles. The highest BCUT2D eigenvalue weighted by molar-refractivity contribution is 5.58. The number of hydrogen-bond acceptors (Lipinski definition) is 6. The third kappa shape index (κ3) is 4.43. The molecule has 2 aromatic heterocycles. The van der Waals surface area contributed by atoms with Crippen molar-refractivity contribution >= 4 is 0 Å². The van der Waals surface area contributed by atoms with E-state index in [1.807, 2.05) is 6.92 Å². The summed E-state index contributed by atoms with van der Waals surface area (Å²) < 4.78 is 47.7. The van der Waals surface area contributed by atoms with E-state index < -0.39 is 6.36 Å². The molecule has 30 heavy (non-hydrogen) atoms. The number of alkyl halides is 3. The van der Waals surface area contributed by atoms with E-state index in [0.29, 0.717) is 17.8 Å². The molecule has 0 fully saturated rings. The number of aryl methyl sites for hydroxylation is 1. The summed E-state index contributed by atoms with van der Waals surface area (Å²) in [7, 11) is 0. The summed E-state index contributed by atoms with van der Waals surface area (Å²) in [5.41, 5.74) is 2.77. The van der Waals surface area contributed by atoms with Gasteiger partial charge in [0.25, 0.3) is 5.89 Å². The number of rotatable bonds is 5. The molecule has 154 valence electrons. The fraction of sp³-hybridized carbons (Fsp3) is 0.150. The molecule has 0 saturated carbocycles. The standard InChI is InChI=1S/C20H15F3N4O3/c1-12-10-17(25-27(12)11-13-2-6-15(28)7-3-13)19-24-18(26-30-19)14-4-8-16(9-5-14)29-20(21,22)23/h2-10,28H,11H2,1H3. The van der Waals surface area contributed by atoms with Crippen LogP contribution in [0.4, 0.5) is 13.2 Å². The molecule has 4 rings (SSSR count). The van der Waals surface area contributed by atoms with Gasteiger partial charge in [-0.25, -0.2) is 0 Å². The maximum absolute atomic E-state index is 12.3. The van der Waals surface area contributed by atoms with Gasteiger partial charge < -0.3 is 14.4 Å². The minimum absolute atomic E-state index is 0.188. The summed E-state index contributed by atoms with van der Waals surface area (Å²) in [5.74, 6) is 0.258. The first-order valence-corrected chi connectivity index (χ1v) is 8.79. The summed E-state index contributed by atoms with van der Waals surface area (Å²) in [5, 5.41) is 17.7. The van der Waals surface area contributed by atoms with Crippen LogP contribution in [0, 0.1) is 6.92 Å². The lowest BCUT2D eigenvalue weighted by Gasteiger charge is -2.08. The minimum atomic E-state index is -4.75. The van der Waals surface area contributed by atoms with Crippen LogP contribution < -0.4 is 4.74 Å². The summed E-state index contributed by atoms with van der Waals surface area (Å²) >= 11 is 0. The highest BCUT2D eigenvalue weighted by atomic mass is 19.4. The van der Waals surface area contributed by atoms with Crippen LogP contribution >= 0.6 is 0 Å². The number of aromatic nitrogens is 4. The summed E-state index contributed by atoms with van der Waals surface area (Å²) in [4.78, 5) is 4.28. The van der Waals surface area contributed by atoms with Crippen molar-refractivity contribution in [2.75, 3.05) is 0 Å². The second-order valence-electron chi connectivity index (χ2n) is 6.49. The SMILES string of the molecule is Cc1cc(-c2nc(-c3ccc(OC(F)(F)F)cc3)no2)nn1Cc1ccc(O)cc1. The predicted octanol–water partition coefficient (Wildman–Crippen LogP) is 4.56. The first-order valence-electron chi connectivity index (χ1n) is 8.79. The Morgan fingerprint density at radius 1 is 1.07 bits per heavy atom. The number of phenols is 1. The topological polar surface area (TPSA) is 86.2 Å². The van der Waals surface area contributed by atoms with E-state index in [9.17, 15) is 18.3 Å². The molecule has 0 radical (unpaired) electrons. The Morgan fingerprint density at radius 3 is 2.43 bits per heavy atom. The van der Waals surface area contributed by atoms with Crippen molar-refractivity contribution in [2.45, 2.75) is 19.8 Å². The molecule has 0 aliphatic rings. The maximum atomic E-state index is 12.3. The zero-order chi connectivity index (χ0) is 21.3. The Hall–Kier alpha value is -3.82. The smallest absolute Gasteiger partial charge is 0.508 e. The lowest BCUT2D eigenvalue weighted by atomic mass is 10.2. The second-order valence-corrected chi connectivity index (χ2v) is 6.49. The van der Waals surface area contributed by atoms with Crippen molar-refractivity contribution < 1.29 is 27.5 Å². The van der Waals surface area contributed by atoms with E-state index in [-0.39, 0.29) is 23.2 Å². The zero-order valence-electron chi connectivity index (χ0n) is 15.6. The van der Waals surface area contributed by atoms with Gasteiger partial charge in [-0.15, -0.1) is 13.2 Å². The number of benzene rings is 2. The predicted molar refractivity (Wildman–Crippen MR) is 99.6 cm³/mol. The molecule has 0 spiro atoms. The number of aromatic hydroxyl groups is 1. The largest absolute Gasteiger partial charge is 0.573 e. The van der Waals surface area contributed by atoms with Crippen molar-refractivity contribution in [1.29, 1.82) is 0 Å². The fourth-order valence-electron chi connectivity index (χ4n) is 2.80. The lowest BCUT2D eigenvalue weighted by molar-refractivity contribution is -0.274. The molecule has 0 atom stereocenters. The summed E-state index contributed by atoms with van der Waals surface area (Å²) in [6, 6.07) is 13.8. The molecule has 10 heteroatoms. The molecule has 0 amide bonds. The number of phenolic OH excluding ortho intramolecular Hbond substituents is 1. The van der Waals surface area contributed by atoms with Gasteiger partial charge in [0, 0.05) is 11.3 Å². The molecule has 0 bridgehead atoms. The zero-order valence-corrected chi connectivity index (χ0v) is 15.6. The van der Waals surface area contributed by atoms with Gasteiger partial charge in [0.1, 0.15) is 11.5 Å². The lowest BCUT2D eigenvalue weighted by Crippen LogP contribution is -2.16. The van der Waals surface area contributed by atoms with Gasteiger partial charge in [0.15, 0.2) is 5.69 Å². The molecular weight excluding hydrogens is 401 g/mol. The number of hydrogen-bond donors (Lipinski definition) is 1. The van der Waals surface area contributed by atoms with Gasteiger partial charge >= 0.3 is 6.36 Å². The van der Waals surface area contributed by atoms with E-state index in [2.05, 4.69) is 20.0 Å². The van der Waals surface area contributed by atoms with Crippen molar-refractivity contribution in [3.8, 4) is 34.5 Å². The molecule has 7 nitrogen and oxygen atoms in total. The van der Waals surface area contributed by atoms with Crippen LogP contribution in [0.2, 0.25) is 0 Å². The normalized spacial score (nSPS) is 11.6. The van der Waals surface area contributed by atoms with Crippen LogP contribution in [-0.2, 0) is 6.54 Å². The van der Waals surface area contributed by atoms with E-state index in [4.69, 9.17) is 4.52 Å². The second kappa shape index (κ2) is 7.54. The molecule has 4 aromatic rings. The molecule has 1 N–H and O–H groups in total. The summed E-state index contributed by atoms with van der Waals surface area (Å²) in [6.45, 7) is 2.38. The monoisotopic (exact) mass is 416 g/mol. The van der Waals surface area contributed by atoms with Crippen LogP contribution in [0.15, 0.2) is 59.1 Å². The highest BCUT2D eigenvalue weighted by Crippen LogP contribution is 2.27. The Balaban J connectivity index is 1.52. The molecule has 0 aliphatic heterocycles. The number of halogens is 3. The van der Waals surface area contributed by atoms with Crippen LogP contribution in [0.3, 0.4) is 0 Å². The molecule has 2 heterocycles. The first kappa shape index (κ1) is 19.5. The van der Waals surface area contributed by atoms with Gasteiger partial charge in [-0.1, -0.05) is 17.3 Å². The maximum Gasteiger partial charge on any atom is 0.573 e. The van der Waals surface area contributed by atoms with Gasteiger partial charge in [-0.3, -0.25) is 4.68 Å². The average Bonchev–Trinajstić information content (AvgIpc) is 3.30. The van der Waals surface area contributed by atoms with Gasteiger partial charge in [0.05, 0.1) is 6.54 Å². The number of ether oxygens (including phenoxy) is 1. The van der Waals surface area contributed by atoms with E-state index in [1.165, 1.54) is 24.3 Å². The van der Waals surface area contributed by atoms with Gasteiger partial charge in [-0.2, -0.15) is 10.1 Å². The molecule has 0 saturated heterocycles. The van der Waals surface area contributed by atoms with Crippen molar-refractivity contribution in [3.63, 3.8) is 0 Å². The van der Waals surface area contributed by atoms with Crippen LogP contribution in [0.1, 0.15) is 11.3 Å². The average molecular weight is 416 g/mol. The Morgan fingerprint density at radius 2 is 1.77 bits per heavy atom. The van der Waals surface area contributed by atoms with Gasteiger partial charge in [0.2, 0.25) is 5.82 Å². The molecule has 0 aliphatic carbocycles. The van der Waals surface area contributed by atoms with E-state index >= 15 is 0 Å². The molecular formula is C20H15F3N4O3. The Bertz CT molecular complexity index is 1150. The quantitative estimate of drug-likeness (QED) is 0.513. The third-order valence-corrected chi connectivity index (χ3v) is 4.24. The fourth-order valence-corrected chi connectivity index (χ4v) is 2.80. The third-order valence-electron chi connectivity index (χ3n) is 4.24. The number of nitrogens with zero attached hydrogens (tertiary/aromatic N) is 4. The summed E-state index contributed by atoms with van der Waals surface area (Å²) in [6.07, 6.45) is -4.75. The molecule has 0 unspecified atom stereocenters. The minimum Gasteiger partial charge on any atom is -0.508 e. The van der Waals surface area contributed by atoms with E-state index in [1.54, 1.807) is 35.0 Å². The first-order chi connectivity index (χ1) is 14.3. The Labute approximate surface area is 168 Å². The van der Waals surface area contributed by atoms with Crippen LogP contribution in [-0.4, -0.2) is 31.4 Å². The van der Waals surface area contributed by atoms with Crippen molar-refractivity contribution in [2.24, 2.45) is 0 Å². The van der Waals surface area contributed by atoms with Crippen LogP contribution in [0.5, 0.6) is 11.5 Å².